The predicted molar refractivity (Wildman–Crippen MR) is 128 cm³/mol. The van der Waals surface area contributed by atoms with Gasteiger partial charge >= 0.3 is 12.1 Å². The van der Waals surface area contributed by atoms with E-state index in [9.17, 15) is 14.4 Å². The fraction of sp³-hybridized carbons (Fsp3) is 0.444. The van der Waals surface area contributed by atoms with Crippen LogP contribution >= 0.6 is 0 Å². The highest BCUT2D eigenvalue weighted by molar-refractivity contribution is 5.81. The van der Waals surface area contributed by atoms with E-state index < -0.39 is 12.1 Å². The summed E-state index contributed by atoms with van der Waals surface area (Å²) in [6, 6.07) is 16.2. The first-order valence-electron chi connectivity index (χ1n) is 12.2. The molecule has 2 unspecified atom stereocenters. The number of amides is 2. The van der Waals surface area contributed by atoms with Crippen molar-refractivity contribution >= 4 is 18.0 Å². The highest BCUT2D eigenvalue weighted by atomic mass is 16.5. The number of ether oxygens (including phenoxy) is 1. The average molecular weight is 465 g/mol. The van der Waals surface area contributed by atoms with Gasteiger partial charge < -0.3 is 20.5 Å². The fourth-order valence-electron chi connectivity index (χ4n) is 5.15. The van der Waals surface area contributed by atoms with Crippen molar-refractivity contribution in [2.45, 2.75) is 56.9 Å². The SMILES string of the molecule is O=C(O)CCCCNC(=O)C1CCCCC1NC(=O)OCC1c2ccccc2-c2ccccc21. The number of rotatable bonds is 9. The van der Waals surface area contributed by atoms with Crippen LogP contribution in [0.3, 0.4) is 0 Å². The number of hydrogen-bond donors (Lipinski definition) is 3. The highest BCUT2D eigenvalue weighted by Gasteiger charge is 2.33. The van der Waals surface area contributed by atoms with Gasteiger partial charge in [-0.15, -0.1) is 0 Å². The summed E-state index contributed by atoms with van der Waals surface area (Å²) in [6.45, 7) is 0.688. The minimum absolute atomic E-state index is 0.00518. The van der Waals surface area contributed by atoms with E-state index in [0.717, 1.165) is 36.8 Å². The van der Waals surface area contributed by atoms with Crippen molar-refractivity contribution in [3.63, 3.8) is 0 Å². The smallest absolute Gasteiger partial charge is 0.407 e. The van der Waals surface area contributed by atoms with Crippen molar-refractivity contribution < 1.29 is 24.2 Å². The van der Waals surface area contributed by atoms with E-state index in [1.807, 2.05) is 24.3 Å². The molecular formula is C27H32N2O5. The maximum absolute atomic E-state index is 12.7. The lowest BCUT2D eigenvalue weighted by molar-refractivity contribution is -0.137. The second-order valence-electron chi connectivity index (χ2n) is 9.11. The number of unbranched alkanes of at least 4 members (excludes halogenated alkanes) is 1. The molecule has 0 heterocycles. The van der Waals surface area contributed by atoms with Crippen LogP contribution in [0, 0.1) is 5.92 Å². The molecule has 2 aromatic rings. The highest BCUT2D eigenvalue weighted by Crippen LogP contribution is 2.44. The van der Waals surface area contributed by atoms with Gasteiger partial charge in [0.1, 0.15) is 6.61 Å². The first kappa shape index (κ1) is 23.8. The molecule has 0 aromatic heterocycles. The standard InChI is InChI=1S/C27H32N2O5/c30-25(31)15-7-8-16-28-26(32)22-13-5-6-14-24(22)29-27(33)34-17-23-20-11-3-1-9-18(20)19-10-2-4-12-21(19)23/h1-4,9-12,22-24H,5-8,13-17H2,(H,28,32)(H,29,33)(H,30,31). The first-order chi connectivity index (χ1) is 16.5. The quantitative estimate of drug-likeness (QED) is 0.476. The van der Waals surface area contributed by atoms with Gasteiger partial charge in [-0.2, -0.15) is 0 Å². The Morgan fingerprint density at radius 1 is 0.912 bits per heavy atom. The maximum Gasteiger partial charge on any atom is 0.407 e. The minimum Gasteiger partial charge on any atom is -0.481 e. The van der Waals surface area contributed by atoms with Crippen LogP contribution in [0.5, 0.6) is 0 Å². The van der Waals surface area contributed by atoms with Crippen molar-refractivity contribution in [1.29, 1.82) is 0 Å². The predicted octanol–water partition coefficient (Wildman–Crippen LogP) is 4.46. The molecule has 1 fully saturated rings. The lowest BCUT2D eigenvalue weighted by Gasteiger charge is -2.31. The maximum atomic E-state index is 12.7. The Bertz CT molecular complexity index is 992. The third-order valence-electron chi connectivity index (χ3n) is 6.87. The van der Waals surface area contributed by atoms with E-state index in [0.29, 0.717) is 19.4 Å². The molecule has 7 heteroatoms. The number of carboxylic acids is 1. The second kappa shape index (κ2) is 11.2. The van der Waals surface area contributed by atoms with Gasteiger partial charge in [0.15, 0.2) is 0 Å². The summed E-state index contributed by atoms with van der Waals surface area (Å²) in [6.07, 6.45) is 4.11. The van der Waals surface area contributed by atoms with E-state index >= 15 is 0 Å². The van der Waals surface area contributed by atoms with Gasteiger partial charge in [0.05, 0.1) is 5.92 Å². The summed E-state index contributed by atoms with van der Waals surface area (Å²) in [5.74, 6) is -1.21. The molecule has 3 N–H and O–H groups in total. The molecule has 1 saturated carbocycles. The van der Waals surface area contributed by atoms with Crippen LogP contribution in [0.2, 0.25) is 0 Å². The molecule has 2 aliphatic rings. The van der Waals surface area contributed by atoms with Crippen LogP contribution in [0.1, 0.15) is 62.0 Å². The third-order valence-corrected chi connectivity index (χ3v) is 6.87. The molecule has 2 aromatic carbocycles. The van der Waals surface area contributed by atoms with Gasteiger partial charge in [-0.05, 0) is 47.9 Å². The van der Waals surface area contributed by atoms with Gasteiger partial charge in [-0.3, -0.25) is 9.59 Å². The first-order valence-corrected chi connectivity index (χ1v) is 12.2. The van der Waals surface area contributed by atoms with E-state index in [-0.39, 0.29) is 36.8 Å². The van der Waals surface area contributed by atoms with Gasteiger partial charge in [-0.1, -0.05) is 61.4 Å². The van der Waals surface area contributed by atoms with Crippen molar-refractivity contribution in [2.75, 3.05) is 13.2 Å². The molecule has 0 spiro atoms. The number of carbonyl (C=O) groups is 3. The van der Waals surface area contributed by atoms with Crippen molar-refractivity contribution in [3.05, 3.63) is 59.7 Å². The average Bonchev–Trinajstić information content (AvgIpc) is 3.16. The van der Waals surface area contributed by atoms with Crippen LogP contribution < -0.4 is 10.6 Å². The summed E-state index contributed by atoms with van der Waals surface area (Å²) in [7, 11) is 0. The Hall–Kier alpha value is -3.35. The molecule has 7 nitrogen and oxygen atoms in total. The lowest BCUT2D eigenvalue weighted by Crippen LogP contribution is -2.48. The lowest BCUT2D eigenvalue weighted by atomic mass is 9.84. The Labute approximate surface area is 199 Å². The Morgan fingerprint density at radius 3 is 2.24 bits per heavy atom. The Balaban J connectivity index is 1.30. The summed E-state index contributed by atoms with van der Waals surface area (Å²) in [5, 5.41) is 14.6. The zero-order valence-electron chi connectivity index (χ0n) is 19.3. The van der Waals surface area contributed by atoms with Crippen molar-refractivity contribution in [3.8, 4) is 11.1 Å². The molecule has 0 aliphatic heterocycles. The topological polar surface area (TPSA) is 105 Å². The molecule has 0 radical (unpaired) electrons. The van der Waals surface area contributed by atoms with Crippen molar-refractivity contribution in [2.24, 2.45) is 5.92 Å². The molecule has 2 atom stereocenters. The van der Waals surface area contributed by atoms with Gasteiger partial charge in [0, 0.05) is 24.9 Å². The summed E-state index contributed by atoms with van der Waals surface area (Å²) in [5.41, 5.74) is 4.68. The van der Waals surface area contributed by atoms with Crippen LogP contribution in [-0.4, -0.2) is 42.3 Å². The second-order valence-corrected chi connectivity index (χ2v) is 9.11. The molecular weight excluding hydrogens is 432 g/mol. The summed E-state index contributed by atoms with van der Waals surface area (Å²) >= 11 is 0. The molecule has 180 valence electrons. The van der Waals surface area contributed by atoms with Gasteiger partial charge in [0.25, 0.3) is 0 Å². The van der Waals surface area contributed by atoms with Gasteiger partial charge in [-0.25, -0.2) is 4.79 Å². The van der Waals surface area contributed by atoms with Crippen LogP contribution in [0.25, 0.3) is 11.1 Å². The van der Waals surface area contributed by atoms with E-state index in [1.54, 1.807) is 0 Å². The third kappa shape index (κ3) is 5.58. The summed E-state index contributed by atoms with van der Waals surface area (Å²) in [4.78, 5) is 36.0. The van der Waals surface area contributed by atoms with E-state index in [2.05, 4.69) is 34.9 Å². The number of fused-ring (bicyclic) bond motifs is 3. The van der Waals surface area contributed by atoms with E-state index in [1.165, 1.54) is 11.1 Å². The van der Waals surface area contributed by atoms with Crippen molar-refractivity contribution in [1.82, 2.24) is 10.6 Å². The number of carboxylic acid groups (broad SMARTS) is 1. The van der Waals surface area contributed by atoms with E-state index in [4.69, 9.17) is 9.84 Å². The molecule has 4 rings (SSSR count). The van der Waals surface area contributed by atoms with Crippen LogP contribution in [0.4, 0.5) is 4.79 Å². The Morgan fingerprint density at radius 2 is 1.56 bits per heavy atom. The number of hydrogen-bond acceptors (Lipinski definition) is 4. The molecule has 0 bridgehead atoms. The number of aliphatic carboxylic acids is 1. The van der Waals surface area contributed by atoms with Crippen LogP contribution in [0.15, 0.2) is 48.5 Å². The number of nitrogens with one attached hydrogen (secondary N) is 2. The fourth-order valence-corrected chi connectivity index (χ4v) is 5.15. The largest absolute Gasteiger partial charge is 0.481 e. The van der Waals surface area contributed by atoms with Crippen LogP contribution in [-0.2, 0) is 14.3 Å². The molecule has 0 saturated heterocycles. The molecule has 2 amide bonds. The molecule has 2 aliphatic carbocycles. The molecule has 34 heavy (non-hydrogen) atoms. The minimum atomic E-state index is -0.828. The zero-order valence-corrected chi connectivity index (χ0v) is 19.3. The summed E-state index contributed by atoms with van der Waals surface area (Å²) < 4.78 is 5.67. The normalized spacial score (nSPS) is 19.1. The van der Waals surface area contributed by atoms with Gasteiger partial charge in [0.2, 0.25) is 5.91 Å². The number of carbonyl (C=O) groups excluding carboxylic acids is 2. The monoisotopic (exact) mass is 464 g/mol. The number of benzene rings is 2. The zero-order chi connectivity index (χ0) is 23.9. The number of alkyl carbamates (subject to hydrolysis) is 1. The Kier molecular flexibility index (Phi) is 7.83.